The van der Waals surface area contributed by atoms with Gasteiger partial charge in [0.15, 0.2) is 0 Å². The molecule has 0 atom stereocenters. The molecule has 0 saturated heterocycles. The van der Waals surface area contributed by atoms with Crippen molar-refractivity contribution >= 4 is 47.7 Å². The first kappa shape index (κ1) is 9.73. The highest BCUT2D eigenvalue weighted by Crippen LogP contribution is 2.29. The van der Waals surface area contributed by atoms with Gasteiger partial charge < -0.3 is 4.98 Å². The van der Waals surface area contributed by atoms with E-state index in [4.69, 9.17) is 0 Å². The minimum atomic E-state index is -0.503. The molecule has 0 aliphatic heterocycles. The first-order valence-corrected chi connectivity index (χ1v) is 5.96. The van der Waals surface area contributed by atoms with Gasteiger partial charge in [0.1, 0.15) is 9.53 Å². The van der Waals surface area contributed by atoms with Crippen molar-refractivity contribution in [3.05, 3.63) is 37.6 Å². The molecule has 16 heavy (non-hydrogen) atoms. The Labute approximate surface area is 100 Å². The van der Waals surface area contributed by atoms with E-state index in [-0.39, 0.29) is 5.56 Å². The fourth-order valence-corrected chi connectivity index (χ4v) is 2.85. The molecule has 0 amide bonds. The number of aromatic amines is 2. The maximum absolute atomic E-state index is 11.5. The van der Waals surface area contributed by atoms with Crippen LogP contribution in [0.25, 0.3) is 20.4 Å². The van der Waals surface area contributed by atoms with Crippen molar-refractivity contribution < 1.29 is 0 Å². The lowest BCUT2D eigenvalue weighted by atomic mass is 10.3. The standard InChI is InChI=1S/C9H4BrN3O2S/c10-3-1-4-5-6(16-8(4)11-2-3)7(14)13-9(15)12-5/h1-2H,(H2,12,13,14,15). The van der Waals surface area contributed by atoms with E-state index < -0.39 is 5.69 Å². The molecule has 5 nitrogen and oxygen atoms in total. The van der Waals surface area contributed by atoms with Gasteiger partial charge in [0, 0.05) is 16.1 Å². The number of nitrogens with zero attached hydrogens (tertiary/aromatic N) is 1. The fraction of sp³-hybridized carbons (Fsp3) is 0. The summed E-state index contributed by atoms with van der Waals surface area (Å²) in [4.78, 5) is 32.5. The van der Waals surface area contributed by atoms with E-state index in [0.29, 0.717) is 10.2 Å². The van der Waals surface area contributed by atoms with Crippen molar-refractivity contribution in [3.8, 4) is 0 Å². The lowest BCUT2D eigenvalue weighted by Crippen LogP contribution is -2.20. The summed E-state index contributed by atoms with van der Waals surface area (Å²) in [6, 6.07) is 1.83. The number of hydrogen-bond acceptors (Lipinski definition) is 4. The van der Waals surface area contributed by atoms with Gasteiger partial charge >= 0.3 is 5.69 Å². The second kappa shape index (κ2) is 3.26. The van der Waals surface area contributed by atoms with E-state index in [1.165, 1.54) is 11.3 Å². The van der Waals surface area contributed by atoms with Crippen LogP contribution in [0.3, 0.4) is 0 Å². The van der Waals surface area contributed by atoms with Gasteiger partial charge in [-0.05, 0) is 22.0 Å². The summed E-state index contributed by atoms with van der Waals surface area (Å²) >= 11 is 4.56. The number of fused-ring (bicyclic) bond motifs is 3. The van der Waals surface area contributed by atoms with Crippen molar-refractivity contribution in [1.29, 1.82) is 0 Å². The summed E-state index contributed by atoms with van der Waals surface area (Å²) in [6.45, 7) is 0. The van der Waals surface area contributed by atoms with Crippen LogP contribution in [0.4, 0.5) is 0 Å². The van der Waals surface area contributed by atoms with Gasteiger partial charge in [0.25, 0.3) is 5.56 Å². The Morgan fingerprint density at radius 1 is 1.31 bits per heavy atom. The molecule has 0 saturated carbocycles. The van der Waals surface area contributed by atoms with Gasteiger partial charge in [-0.3, -0.25) is 9.78 Å². The van der Waals surface area contributed by atoms with E-state index in [0.717, 1.165) is 14.7 Å². The molecule has 7 heteroatoms. The van der Waals surface area contributed by atoms with Crippen LogP contribution in [0.1, 0.15) is 0 Å². The van der Waals surface area contributed by atoms with Crippen LogP contribution in [-0.2, 0) is 0 Å². The van der Waals surface area contributed by atoms with Crippen LogP contribution < -0.4 is 11.2 Å². The minimum Gasteiger partial charge on any atom is -0.305 e. The lowest BCUT2D eigenvalue weighted by Gasteiger charge is -1.91. The van der Waals surface area contributed by atoms with Gasteiger partial charge in [0.2, 0.25) is 0 Å². The van der Waals surface area contributed by atoms with Crippen LogP contribution >= 0.6 is 27.3 Å². The van der Waals surface area contributed by atoms with Gasteiger partial charge in [0.05, 0.1) is 5.52 Å². The third kappa shape index (κ3) is 1.32. The number of rotatable bonds is 0. The summed E-state index contributed by atoms with van der Waals surface area (Å²) in [6.07, 6.45) is 1.66. The van der Waals surface area contributed by atoms with Crippen molar-refractivity contribution in [2.24, 2.45) is 0 Å². The Kier molecular flexibility index (Phi) is 1.98. The van der Waals surface area contributed by atoms with Gasteiger partial charge in [-0.15, -0.1) is 11.3 Å². The second-order valence-electron chi connectivity index (χ2n) is 3.22. The Balaban J connectivity index is 2.68. The number of aromatic nitrogens is 3. The Morgan fingerprint density at radius 3 is 2.94 bits per heavy atom. The van der Waals surface area contributed by atoms with Crippen LogP contribution in [0.5, 0.6) is 0 Å². The summed E-state index contributed by atoms with van der Waals surface area (Å²) in [5, 5.41) is 0.776. The second-order valence-corrected chi connectivity index (χ2v) is 5.14. The van der Waals surface area contributed by atoms with E-state index in [2.05, 4.69) is 30.9 Å². The zero-order valence-electron chi connectivity index (χ0n) is 7.70. The number of nitrogens with one attached hydrogen (secondary N) is 2. The number of thiophene rings is 1. The fourth-order valence-electron chi connectivity index (χ4n) is 1.55. The molecule has 3 aromatic heterocycles. The molecule has 0 unspecified atom stereocenters. The maximum Gasteiger partial charge on any atom is 0.326 e. The minimum absolute atomic E-state index is 0.377. The van der Waals surface area contributed by atoms with Gasteiger partial charge in [-0.2, -0.15) is 0 Å². The topological polar surface area (TPSA) is 78.6 Å². The van der Waals surface area contributed by atoms with Crippen LogP contribution in [0.15, 0.2) is 26.3 Å². The molecular weight excluding hydrogens is 294 g/mol. The monoisotopic (exact) mass is 297 g/mol. The summed E-state index contributed by atoms with van der Waals surface area (Å²) in [5.41, 5.74) is -0.336. The van der Waals surface area contributed by atoms with E-state index in [9.17, 15) is 9.59 Å². The van der Waals surface area contributed by atoms with Crippen LogP contribution in [-0.4, -0.2) is 15.0 Å². The lowest BCUT2D eigenvalue weighted by molar-refractivity contribution is 1.09. The van der Waals surface area contributed by atoms with Crippen LogP contribution in [0, 0.1) is 0 Å². The van der Waals surface area contributed by atoms with Gasteiger partial charge in [-0.1, -0.05) is 0 Å². The normalized spacial score (nSPS) is 11.3. The molecule has 0 aliphatic carbocycles. The van der Waals surface area contributed by atoms with Crippen molar-refractivity contribution in [1.82, 2.24) is 15.0 Å². The van der Waals surface area contributed by atoms with E-state index in [1.807, 2.05) is 6.07 Å². The molecule has 0 aromatic carbocycles. The molecule has 0 spiro atoms. The number of halogens is 1. The van der Waals surface area contributed by atoms with Crippen LogP contribution in [0.2, 0.25) is 0 Å². The zero-order chi connectivity index (χ0) is 11.3. The number of hydrogen-bond donors (Lipinski definition) is 2. The average molecular weight is 298 g/mol. The van der Waals surface area contributed by atoms with Crippen molar-refractivity contribution in [2.45, 2.75) is 0 Å². The molecule has 0 bridgehead atoms. The molecule has 3 heterocycles. The Hall–Kier alpha value is -1.47. The third-order valence-electron chi connectivity index (χ3n) is 2.18. The largest absolute Gasteiger partial charge is 0.326 e. The highest BCUT2D eigenvalue weighted by molar-refractivity contribution is 9.10. The third-order valence-corrected chi connectivity index (χ3v) is 3.73. The Morgan fingerprint density at radius 2 is 2.12 bits per heavy atom. The van der Waals surface area contributed by atoms with Crippen molar-refractivity contribution in [2.75, 3.05) is 0 Å². The molecule has 3 aromatic rings. The molecule has 2 N–H and O–H groups in total. The Bertz CT molecular complexity index is 817. The summed E-state index contributed by atoms with van der Waals surface area (Å²) in [7, 11) is 0. The molecular formula is C9H4BrN3O2S. The quantitative estimate of drug-likeness (QED) is 0.661. The number of pyridine rings is 1. The predicted octanol–water partition coefficient (Wildman–Crippen LogP) is 1.59. The zero-order valence-corrected chi connectivity index (χ0v) is 10.1. The highest BCUT2D eigenvalue weighted by Gasteiger charge is 2.10. The number of H-pyrrole nitrogens is 2. The average Bonchev–Trinajstić information content (AvgIpc) is 2.57. The van der Waals surface area contributed by atoms with Gasteiger partial charge in [-0.25, -0.2) is 9.78 Å². The summed E-state index contributed by atoms with van der Waals surface area (Å²) in [5.74, 6) is 0. The first-order valence-electron chi connectivity index (χ1n) is 4.35. The van der Waals surface area contributed by atoms with E-state index in [1.54, 1.807) is 6.20 Å². The molecule has 3 rings (SSSR count). The molecule has 0 fully saturated rings. The molecule has 80 valence electrons. The predicted molar refractivity (Wildman–Crippen MR) is 66.1 cm³/mol. The first-order chi connectivity index (χ1) is 7.65. The SMILES string of the molecule is O=c1[nH]c(=O)c2sc3ncc(Br)cc3c2[nH]1. The van der Waals surface area contributed by atoms with E-state index >= 15 is 0 Å². The maximum atomic E-state index is 11.5. The molecule has 0 radical (unpaired) electrons. The smallest absolute Gasteiger partial charge is 0.305 e. The molecule has 0 aliphatic rings. The highest BCUT2D eigenvalue weighted by atomic mass is 79.9. The van der Waals surface area contributed by atoms with Crippen molar-refractivity contribution in [3.63, 3.8) is 0 Å². The summed E-state index contributed by atoms with van der Waals surface area (Å²) < 4.78 is 1.29.